The number of hydrogen-bond acceptors (Lipinski definition) is 4. The Morgan fingerprint density at radius 3 is 2.53 bits per heavy atom. The van der Waals surface area contributed by atoms with Gasteiger partial charge in [-0.15, -0.1) is 0 Å². The number of aryl methyl sites for hydroxylation is 2. The molecule has 1 aromatic carbocycles. The third kappa shape index (κ3) is 2.31. The Balaban J connectivity index is 2.56. The summed E-state index contributed by atoms with van der Waals surface area (Å²) in [7, 11) is 3.03. The van der Waals surface area contributed by atoms with Crippen LogP contribution in [0.25, 0.3) is 11.1 Å². The Labute approximate surface area is 112 Å². The van der Waals surface area contributed by atoms with Crippen LogP contribution in [-0.4, -0.2) is 22.9 Å². The highest BCUT2D eigenvalue weighted by atomic mass is 16.5. The molecule has 0 fully saturated rings. The van der Waals surface area contributed by atoms with E-state index < -0.39 is 5.97 Å². The summed E-state index contributed by atoms with van der Waals surface area (Å²) in [6.45, 7) is 2.09. The zero-order valence-corrected chi connectivity index (χ0v) is 11.3. The van der Waals surface area contributed by atoms with Gasteiger partial charge in [0.05, 0.1) is 12.7 Å². The first-order chi connectivity index (χ1) is 9.08. The van der Waals surface area contributed by atoms with E-state index in [4.69, 9.17) is 10.5 Å². The first-order valence-electron chi connectivity index (χ1n) is 6.08. The summed E-state index contributed by atoms with van der Waals surface area (Å²) in [5.74, 6) is -0.0356. The maximum absolute atomic E-state index is 11.7. The van der Waals surface area contributed by atoms with Gasteiger partial charge in [0.1, 0.15) is 5.82 Å². The maximum Gasteiger partial charge on any atom is 0.359 e. The van der Waals surface area contributed by atoms with Crippen molar-refractivity contribution in [2.75, 3.05) is 12.8 Å². The van der Waals surface area contributed by atoms with E-state index in [1.54, 1.807) is 7.05 Å². The van der Waals surface area contributed by atoms with Crippen LogP contribution in [0.15, 0.2) is 24.3 Å². The monoisotopic (exact) mass is 259 g/mol. The van der Waals surface area contributed by atoms with Crippen molar-refractivity contribution in [2.45, 2.75) is 13.3 Å². The van der Waals surface area contributed by atoms with Gasteiger partial charge in [-0.1, -0.05) is 31.2 Å². The molecule has 0 aliphatic rings. The smallest absolute Gasteiger partial charge is 0.359 e. The SMILES string of the molecule is CCc1ccc(-c2c(C(=O)OC)nn(C)c2N)cc1. The summed E-state index contributed by atoms with van der Waals surface area (Å²) in [6, 6.07) is 7.92. The lowest BCUT2D eigenvalue weighted by atomic mass is 10.0. The van der Waals surface area contributed by atoms with E-state index in [-0.39, 0.29) is 5.69 Å². The highest BCUT2D eigenvalue weighted by Gasteiger charge is 2.22. The minimum atomic E-state index is -0.484. The van der Waals surface area contributed by atoms with Gasteiger partial charge in [-0.3, -0.25) is 4.68 Å². The van der Waals surface area contributed by atoms with Crippen LogP contribution in [0.2, 0.25) is 0 Å². The number of carbonyl (C=O) groups excluding carboxylic acids is 1. The number of aromatic nitrogens is 2. The maximum atomic E-state index is 11.7. The van der Waals surface area contributed by atoms with Gasteiger partial charge < -0.3 is 10.5 Å². The number of benzene rings is 1. The number of methoxy groups -OCH3 is 1. The van der Waals surface area contributed by atoms with E-state index >= 15 is 0 Å². The molecule has 0 amide bonds. The van der Waals surface area contributed by atoms with Gasteiger partial charge >= 0.3 is 5.97 Å². The Hall–Kier alpha value is -2.30. The zero-order valence-electron chi connectivity index (χ0n) is 11.3. The predicted molar refractivity (Wildman–Crippen MR) is 73.8 cm³/mol. The molecular formula is C14H17N3O2. The molecule has 0 radical (unpaired) electrons. The topological polar surface area (TPSA) is 70.1 Å². The lowest BCUT2D eigenvalue weighted by Crippen LogP contribution is -2.04. The Kier molecular flexibility index (Phi) is 3.55. The third-order valence-corrected chi connectivity index (χ3v) is 3.12. The molecule has 0 saturated carbocycles. The van der Waals surface area contributed by atoms with Gasteiger partial charge in [-0.05, 0) is 17.5 Å². The van der Waals surface area contributed by atoms with Crippen LogP contribution in [0.1, 0.15) is 23.0 Å². The molecule has 0 bridgehead atoms. The number of anilines is 1. The van der Waals surface area contributed by atoms with E-state index in [9.17, 15) is 4.79 Å². The van der Waals surface area contributed by atoms with E-state index in [0.717, 1.165) is 12.0 Å². The molecule has 0 aliphatic carbocycles. The van der Waals surface area contributed by atoms with Crippen LogP contribution in [0.3, 0.4) is 0 Å². The first kappa shape index (κ1) is 13.1. The zero-order chi connectivity index (χ0) is 14.0. The quantitative estimate of drug-likeness (QED) is 0.856. The van der Waals surface area contributed by atoms with E-state index in [2.05, 4.69) is 12.0 Å². The Morgan fingerprint density at radius 1 is 1.37 bits per heavy atom. The van der Waals surface area contributed by atoms with Crippen LogP contribution >= 0.6 is 0 Å². The number of nitrogen functional groups attached to an aromatic ring is 1. The van der Waals surface area contributed by atoms with Gasteiger partial charge in [0.15, 0.2) is 5.69 Å². The van der Waals surface area contributed by atoms with Crippen molar-refractivity contribution >= 4 is 11.8 Å². The fraction of sp³-hybridized carbons (Fsp3) is 0.286. The number of nitrogens with zero attached hydrogens (tertiary/aromatic N) is 2. The molecule has 0 aliphatic heterocycles. The lowest BCUT2D eigenvalue weighted by Gasteiger charge is -2.04. The van der Waals surface area contributed by atoms with Crippen molar-refractivity contribution in [1.82, 2.24) is 9.78 Å². The average Bonchev–Trinajstić information content (AvgIpc) is 2.74. The van der Waals surface area contributed by atoms with Crippen molar-refractivity contribution in [3.8, 4) is 11.1 Å². The van der Waals surface area contributed by atoms with E-state index in [1.165, 1.54) is 17.4 Å². The summed E-state index contributed by atoms with van der Waals surface area (Å²) in [4.78, 5) is 11.7. The Morgan fingerprint density at radius 2 is 2.00 bits per heavy atom. The summed E-state index contributed by atoms with van der Waals surface area (Å²) in [5, 5.41) is 4.12. The number of hydrogen-bond donors (Lipinski definition) is 1. The largest absolute Gasteiger partial charge is 0.464 e. The van der Waals surface area contributed by atoms with Crippen LogP contribution < -0.4 is 5.73 Å². The van der Waals surface area contributed by atoms with Crippen LogP contribution in [0.5, 0.6) is 0 Å². The van der Waals surface area contributed by atoms with Crippen molar-refractivity contribution in [3.63, 3.8) is 0 Å². The molecule has 0 saturated heterocycles. The second-order valence-corrected chi connectivity index (χ2v) is 4.27. The number of rotatable bonds is 3. The van der Waals surface area contributed by atoms with Crippen LogP contribution in [0.4, 0.5) is 5.82 Å². The molecular weight excluding hydrogens is 242 g/mol. The van der Waals surface area contributed by atoms with Crippen molar-refractivity contribution < 1.29 is 9.53 Å². The highest BCUT2D eigenvalue weighted by molar-refractivity contribution is 5.98. The number of carbonyl (C=O) groups is 1. The van der Waals surface area contributed by atoms with E-state index in [0.29, 0.717) is 11.4 Å². The predicted octanol–water partition coefficient (Wildman–Crippen LogP) is 2.02. The molecule has 1 heterocycles. The molecule has 5 nitrogen and oxygen atoms in total. The number of nitrogens with two attached hydrogens (primary N) is 1. The van der Waals surface area contributed by atoms with Crippen LogP contribution in [-0.2, 0) is 18.2 Å². The molecule has 100 valence electrons. The highest BCUT2D eigenvalue weighted by Crippen LogP contribution is 2.30. The molecule has 5 heteroatoms. The minimum Gasteiger partial charge on any atom is -0.464 e. The molecule has 1 aromatic heterocycles. The van der Waals surface area contributed by atoms with Gasteiger partial charge in [-0.2, -0.15) is 5.10 Å². The molecule has 0 unspecified atom stereocenters. The molecule has 0 spiro atoms. The fourth-order valence-electron chi connectivity index (χ4n) is 1.97. The Bertz CT molecular complexity index is 600. The number of esters is 1. The summed E-state index contributed by atoms with van der Waals surface area (Å²) >= 11 is 0. The number of ether oxygens (including phenoxy) is 1. The van der Waals surface area contributed by atoms with Crippen LogP contribution in [0, 0.1) is 0 Å². The van der Waals surface area contributed by atoms with Gasteiger partial charge in [0, 0.05) is 7.05 Å². The molecule has 2 N–H and O–H groups in total. The first-order valence-corrected chi connectivity index (χ1v) is 6.08. The third-order valence-electron chi connectivity index (χ3n) is 3.12. The lowest BCUT2D eigenvalue weighted by molar-refractivity contribution is 0.0594. The molecule has 2 aromatic rings. The summed E-state index contributed by atoms with van der Waals surface area (Å²) < 4.78 is 6.22. The standard InChI is InChI=1S/C14H17N3O2/c1-4-9-5-7-10(8-6-9)11-12(14(18)19-3)16-17(2)13(11)15/h5-8H,4,15H2,1-3H3. The van der Waals surface area contributed by atoms with E-state index in [1.807, 2.05) is 24.3 Å². The van der Waals surface area contributed by atoms with Crippen molar-refractivity contribution in [2.24, 2.45) is 7.05 Å². The average molecular weight is 259 g/mol. The van der Waals surface area contributed by atoms with Gasteiger partial charge in [0.25, 0.3) is 0 Å². The minimum absolute atomic E-state index is 0.242. The second-order valence-electron chi connectivity index (χ2n) is 4.27. The second kappa shape index (κ2) is 5.14. The van der Waals surface area contributed by atoms with Gasteiger partial charge in [-0.25, -0.2) is 4.79 Å². The van der Waals surface area contributed by atoms with Crippen molar-refractivity contribution in [3.05, 3.63) is 35.5 Å². The molecule has 2 rings (SSSR count). The van der Waals surface area contributed by atoms with Gasteiger partial charge in [0.2, 0.25) is 0 Å². The summed E-state index contributed by atoms with van der Waals surface area (Å²) in [5.41, 5.74) is 8.95. The fourth-order valence-corrected chi connectivity index (χ4v) is 1.97. The van der Waals surface area contributed by atoms with Crippen molar-refractivity contribution in [1.29, 1.82) is 0 Å². The molecule has 0 atom stereocenters. The normalized spacial score (nSPS) is 10.5. The molecule has 19 heavy (non-hydrogen) atoms. The summed E-state index contributed by atoms with van der Waals surface area (Å²) in [6.07, 6.45) is 0.965.